The van der Waals surface area contributed by atoms with Crippen molar-refractivity contribution in [3.8, 4) is 5.75 Å². The Kier molecular flexibility index (Phi) is 3.97. The second kappa shape index (κ2) is 5.67. The minimum atomic E-state index is -0.503. The third kappa shape index (κ3) is 3.20. The maximum atomic E-state index is 10.9. The Morgan fingerprint density at radius 3 is 2.89 bits per heavy atom. The Bertz CT molecular complexity index is 617. The molecule has 1 heterocycles. The Morgan fingerprint density at radius 1 is 1.42 bits per heavy atom. The molecule has 0 aliphatic carbocycles. The van der Waals surface area contributed by atoms with Crippen LogP contribution in [0, 0.1) is 17.0 Å². The topological polar surface area (TPSA) is 65.3 Å². The zero-order valence-electron chi connectivity index (χ0n) is 10.2. The Balaban J connectivity index is 2.22. The van der Waals surface area contributed by atoms with Crippen LogP contribution >= 0.6 is 11.6 Å². The van der Waals surface area contributed by atoms with E-state index in [1.165, 1.54) is 18.2 Å². The Morgan fingerprint density at radius 2 is 2.21 bits per heavy atom. The maximum absolute atomic E-state index is 10.9. The number of aromatic nitrogens is 1. The lowest BCUT2D eigenvalue weighted by molar-refractivity contribution is -0.385. The third-order valence-electron chi connectivity index (χ3n) is 2.60. The molecule has 1 aromatic heterocycles. The molecule has 0 atom stereocenters. The van der Waals surface area contributed by atoms with Crippen molar-refractivity contribution in [2.75, 3.05) is 0 Å². The molecule has 19 heavy (non-hydrogen) atoms. The van der Waals surface area contributed by atoms with Gasteiger partial charge in [-0.05, 0) is 24.6 Å². The van der Waals surface area contributed by atoms with E-state index < -0.39 is 4.92 Å². The number of nitro benzene ring substituents is 1. The van der Waals surface area contributed by atoms with E-state index in [-0.39, 0.29) is 18.0 Å². The quantitative estimate of drug-likeness (QED) is 0.634. The molecule has 0 spiro atoms. The first kappa shape index (κ1) is 13.3. The molecular formula is C13H11ClN2O3. The smallest absolute Gasteiger partial charge is 0.311 e. The molecule has 6 heteroatoms. The fourth-order valence-electron chi connectivity index (χ4n) is 1.57. The minimum absolute atomic E-state index is 0.113. The van der Waals surface area contributed by atoms with Crippen molar-refractivity contribution in [2.24, 2.45) is 0 Å². The van der Waals surface area contributed by atoms with Gasteiger partial charge in [0.05, 0.1) is 10.6 Å². The van der Waals surface area contributed by atoms with Gasteiger partial charge in [-0.15, -0.1) is 0 Å². The molecule has 2 rings (SSSR count). The molecule has 5 nitrogen and oxygen atoms in total. The minimum Gasteiger partial charge on any atom is -0.480 e. The summed E-state index contributed by atoms with van der Waals surface area (Å²) in [5.41, 5.74) is 1.59. The molecule has 0 saturated heterocycles. The van der Waals surface area contributed by atoms with E-state index in [4.69, 9.17) is 16.3 Å². The highest BCUT2D eigenvalue weighted by Gasteiger charge is 2.15. The molecule has 0 aliphatic rings. The van der Waals surface area contributed by atoms with E-state index in [0.717, 1.165) is 11.3 Å². The predicted molar refractivity (Wildman–Crippen MR) is 71.4 cm³/mol. The van der Waals surface area contributed by atoms with Gasteiger partial charge >= 0.3 is 5.69 Å². The molecule has 0 radical (unpaired) electrons. The molecule has 0 unspecified atom stereocenters. The van der Waals surface area contributed by atoms with Gasteiger partial charge in [0.1, 0.15) is 6.61 Å². The zero-order valence-corrected chi connectivity index (χ0v) is 10.9. The number of halogens is 1. The summed E-state index contributed by atoms with van der Waals surface area (Å²) >= 11 is 5.82. The standard InChI is InChI=1S/C13H11ClN2O3/c1-9-3-2-6-15-11(9)8-19-13-7-10(14)4-5-12(13)16(17)18/h2-7H,8H2,1H3. The lowest BCUT2D eigenvalue weighted by Gasteiger charge is -2.08. The first-order valence-corrected chi connectivity index (χ1v) is 5.93. The van der Waals surface area contributed by atoms with E-state index in [0.29, 0.717) is 5.02 Å². The largest absolute Gasteiger partial charge is 0.480 e. The summed E-state index contributed by atoms with van der Waals surface area (Å²) in [4.78, 5) is 14.5. The van der Waals surface area contributed by atoms with Gasteiger partial charge in [0, 0.05) is 23.4 Å². The van der Waals surface area contributed by atoms with Crippen LogP contribution in [0.4, 0.5) is 5.69 Å². The van der Waals surface area contributed by atoms with Crippen LogP contribution < -0.4 is 4.74 Å². The lowest BCUT2D eigenvalue weighted by Crippen LogP contribution is -2.02. The summed E-state index contributed by atoms with van der Waals surface area (Å²) in [6.45, 7) is 2.06. The highest BCUT2D eigenvalue weighted by Crippen LogP contribution is 2.30. The molecule has 0 bridgehead atoms. The second-order valence-corrected chi connectivity index (χ2v) is 4.36. The first-order chi connectivity index (χ1) is 9.08. The average molecular weight is 279 g/mol. The van der Waals surface area contributed by atoms with Gasteiger partial charge < -0.3 is 4.74 Å². The van der Waals surface area contributed by atoms with Crippen molar-refractivity contribution in [3.05, 3.63) is 62.9 Å². The van der Waals surface area contributed by atoms with Gasteiger partial charge in [-0.2, -0.15) is 0 Å². The van der Waals surface area contributed by atoms with E-state index in [9.17, 15) is 10.1 Å². The highest BCUT2D eigenvalue weighted by molar-refractivity contribution is 6.30. The maximum Gasteiger partial charge on any atom is 0.311 e. The van der Waals surface area contributed by atoms with Crippen LogP contribution in [-0.2, 0) is 6.61 Å². The number of rotatable bonds is 4. The number of pyridine rings is 1. The molecular weight excluding hydrogens is 268 g/mol. The molecule has 1 aromatic carbocycles. The van der Waals surface area contributed by atoms with Crippen molar-refractivity contribution in [2.45, 2.75) is 13.5 Å². The number of aryl methyl sites for hydroxylation is 1. The molecule has 98 valence electrons. The second-order valence-electron chi connectivity index (χ2n) is 3.92. The summed E-state index contributed by atoms with van der Waals surface area (Å²) in [5, 5.41) is 11.3. The number of nitro groups is 1. The van der Waals surface area contributed by atoms with E-state index in [2.05, 4.69) is 4.98 Å². The molecule has 0 amide bonds. The van der Waals surface area contributed by atoms with Gasteiger partial charge in [-0.3, -0.25) is 15.1 Å². The predicted octanol–water partition coefficient (Wildman–Crippen LogP) is 3.53. The normalized spacial score (nSPS) is 10.2. The van der Waals surface area contributed by atoms with E-state index >= 15 is 0 Å². The molecule has 0 N–H and O–H groups in total. The van der Waals surface area contributed by atoms with E-state index in [1.54, 1.807) is 6.20 Å². The first-order valence-electron chi connectivity index (χ1n) is 5.55. The summed E-state index contributed by atoms with van der Waals surface area (Å²) in [6.07, 6.45) is 1.65. The van der Waals surface area contributed by atoms with Crippen molar-refractivity contribution in [1.82, 2.24) is 4.98 Å². The third-order valence-corrected chi connectivity index (χ3v) is 2.84. The monoisotopic (exact) mass is 278 g/mol. The molecule has 0 saturated carbocycles. The van der Waals surface area contributed by atoms with Crippen LogP contribution in [0.5, 0.6) is 5.75 Å². The van der Waals surface area contributed by atoms with Crippen molar-refractivity contribution < 1.29 is 9.66 Å². The fourth-order valence-corrected chi connectivity index (χ4v) is 1.73. The number of hydrogen-bond acceptors (Lipinski definition) is 4. The van der Waals surface area contributed by atoms with Crippen LogP contribution in [0.2, 0.25) is 5.02 Å². The summed E-state index contributed by atoms with van der Waals surface area (Å²) in [7, 11) is 0. The van der Waals surface area contributed by atoms with Crippen LogP contribution in [0.3, 0.4) is 0 Å². The lowest BCUT2D eigenvalue weighted by atomic mass is 10.2. The van der Waals surface area contributed by atoms with Crippen LogP contribution in [0.1, 0.15) is 11.3 Å². The van der Waals surface area contributed by atoms with Crippen molar-refractivity contribution in [3.63, 3.8) is 0 Å². The van der Waals surface area contributed by atoms with Gasteiger partial charge in [-0.1, -0.05) is 17.7 Å². The molecule has 0 fully saturated rings. The Hall–Kier alpha value is -2.14. The van der Waals surface area contributed by atoms with E-state index in [1.807, 2.05) is 19.1 Å². The fraction of sp³-hybridized carbons (Fsp3) is 0.154. The average Bonchev–Trinajstić information content (AvgIpc) is 2.37. The molecule has 0 aliphatic heterocycles. The highest BCUT2D eigenvalue weighted by atomic mass is 35.5. The van der Waals surface area contributed by atoms with Crippen LogP contribution in [-0.4, -0.2) is 9.91 Å². The molecule has 2 aromatic rings. The van der Waals surface area contributed by atoms with Crippen molar-refractivity contribution >= 4 is 17.3 Å². The van der Waals surface area contributed by atoms with Gasteiger partial charge in [-0.25, -0.2) is 0 Å². The zero-order chi connectivity index (χ0) is 13.8. The van der Waals surface area contributed by atoms with Crippen LogP contribution in [0.15, 0.2) is 36.5 Å². The number of benzene rings is 1. The summed E-state index contributed by atoms with van der Waals surface area (Å²) < 4.78 is 5.46. The number of hydrogen-bond donors (Lipinski definition) is 0. The van der Waals surface area contributed by atoms with Gasteiger partial charge in [0.25, 0.3) is 0 Å². The van der Waals surface area contributed by atoms with Crippen LogP contribution in [0.25, 0.3) is 0 Å². The van der Waals surface area contributed by atoms with Gasteiger partial charge in [0.2, 0.25) is 0 Å². The number of ether oxygens (including phenoxy) is 1. The SMILES string of the molecule is Cc1cccnc1COc1cc(Cl)ccc1[N+](=O)[O-]. The summed E-state index contributed by atoms with van der Waals surface area (Å²) in [6, 6.07) is 7.93. The van der Waals surface area contributed by atoms with Gasteiger partial charge in [0.15, 0.2) is 5.75 Å². The van der Waals surface area contributed by atoms with Crippen molar-refractivity contribution in [1.29, 1.82) is 0 Å². The number of nitrogens with zero attached hydrogens (tertiary/aromatic N) is 2. The summed E-state index contributed by atoms with van der Waals surface area (Å²) in [5.74, 6) is 0.141. The Labute approximate surface area is 115 Å².